The Morgan fingerprint density at radius 3 is 2.48 bits per heavy atom. The fraction of sp³-hybridized carbons (Fsp3) is 0.235. The van der Waals surface area contributed by atoms with Crippen molar-refractivity contribution < 1.29 is 13.2 Å². The molecule has 0 radical (unpaired) electrons. The van der Waals surface area contributed by atoms with Gasteiger partial charge in [0.15, 0.2) is 0 Å². The molecule has 0 saturated carbocycles. The molecule has 120 valence electrons. The molecule has 0 aromatic heterocycles. The molecule has 6 heteroatoms. The summed E-state index contributed by atoms with van der Waals surface area (Å²) in [6.45, 7) is 0.431. The molecule has 2 aromatic rings. The van der Waals surface area contributed by atoms with Crippen LogP contribution in [0.15, 0.2) is 48.5 Å². The van der Waals surface area contributed by atoms with Gasteiger partial charge in [-0.1, -0.05) is 24.3 Å². The van der Waals surface area contributed by atoms with Crippen LogP contribution in [-0.4, -0.2) is 34.2 Å². The van der Waals surface area contributed by atoms with E-state index in [2.05, 4.69) is 0 Å². The summed E-state index contributed by atoms with van der Waals surface area (Å²) in [6.07, 6.45) is 1.86. The number of fused-ring (bicyclic) bond motifs is 1. The Kier molecular flexibility index (Phi) is 3.85. The minimum atomic E-state index is -3.32. The van der Waals surface area contributed by atoms with Gasteiger partial charge in [-0.05, 0) is 36.2 Å². The minimum absolute atomic E-state index is 0.167. The molecule has 0 saturated heterocycles. The number of benzene rings is 2. The van der Waals surface area contributed by atoms with Crippen molar-refractivity contribution in [3.8, 4) is 0 Å². The van der Waals surface area contributed by atoms with Crippen molar-refractivity contribution in [1.29, 1.82) is 0 Å². The number of rotatable bonds is 3. The molecule has 0 bridgehead atoms. The van der Waals surface area contributed by atoms with Crippen molar-refractivity contribution in [2.75, 3.05) is 29.1 Å². The Labute approximate surface area is 136 Å². The van der Waals surface area contributed by atoms with Gasteiger partial charge in [0.05, 0.1) is 11.9 Å². The van der Waals surface area contributed by atoms with Gasteiger partial charge in [0.25, 0.3) is 5.91 Å². The van der Waals surface area contributed by atoms with E-state index in [4.69, 9.17) is 0 Å². The van der Waals surface area contributed by atoms with E-state index in [0.29, 0.717) is 24.2 Å². The van der Waals surface area contributed by atoms with Crippen LogP contribution in [0.3, 0.4) is 0 Å². The molecule has 1 heterocycles. The Balaban J connectivity index is 1.95. The molecule has 0 fully saturated rings. The summed E-state index contributed by atoms with van der Waals surface area (Å²) in [5.41, 5.74) is 2.83. The molecule has 0 N–H and O–H groups in total. The lowest BCUT2D eigenvalue weighted by Gasteiger charge is -2.20. The van der Waals surface area contributed by atoms with E-state index in [9.17, 15) is 13.2 Å². The van der Waals surface area contributed by atoms with Crippen LogP contribution in [-0.2, 0) is 16.4 Å². The molecule has 5 nitrogen and oxygen atoms in total. The second kappa shape index (κ2) is 5.70. The zero-order valence-corrected chi connectivity index (χ0v) is 13.9. The summed E-state index contributed by atoms with van der Waals surface area (Å²) < 4.78 is 25.1. The third kappa shape index (κ3) is 2.94. The lowest BCUT2D eigenvalue weighted by Crippen LogP contribution is -2.28. The van der Waals surface area contributed by atoms with Gasteiger partial charge in [0.1, 0.15) is 0 Å². The third-order valence-corrected chi connectivity index (χ3v) is 5.21. The number of hydrogen-bond acceptors (Lipinski definition) is 3. The number of para-hydroxylation sites is 1. The molecule has 0 atom stereocenters. The van der Waals surface area contributed by atoms with Crippen LogP contribution in [0, 0.1) is 0 Å². The average molecular weight is 330 g/mol. The van der Waals surface area contributed by atoms with Gasteiger partial charge in [0.2, 0.25) is 10.0 Å². The van der Waals surface area contributed by atoms with E-state index in [0.717, 1.165) is 11.3 Å². The van der Waals surface area contributed by atoms with Crippen molar-refractivity contribution in [3.63, 3.8) is 0 Å². The third-order valence-electron chi connectivity index (χ3n) is 4.03. The molecule has 1 aliphatic heterocycles. The Morgan fingerprint density at radius 1 is 1.13 bits per heavy atom. The first-order valence-electron chi connectivity index (χ1n) is 7.31. The number of nitrogens with zero attached hydrogens (tertiary/aromatic N) is 2. The number of hydrogen-bond donors (Lipinski definition) is 0. The van der Waals surface area contributed by atoms with Crippen molar-refractivity contribution >= 4 is 27.3 Å². The van der Waals surface area contributed by atoms with E-state index in [-0.39, 0.29) is 5.91 Å². The zero-order chi connectivity index (χ0) is 16.6. The highest BCUT2D eigenvalue weighted by molar-refractivity contribution is 7.92. The van der Waals surface area contributed by atoms with Crippen molar-refractivity contribution in [1.82, 2.24) is 0 Å². The Bertz CT molecular complexity index is 847. The topological polar surface area (TPSA) is 57.7 Å². The minimum Gasteiger partial charge on any atom is -0.311 e. The number of sulfonamides is 1. The largest absolute Gasteiger partial charge is 0.311 e. The van der Waals surface area contributed by atoms with Gasteiger partial charge in [0, 0.05) is 24.8 Å². The molecule has 1 aliphatic rings. The van der Waals surface area contributed by atoms with Crippen LogP contribution < -0.4 is 9.21 Å². The quantitative estimate of drug-likeness (QED) is 0.867. The van der Waals surface area contributed by atoms with Gasteiger partial charge in [-0.25, -0.2) is 8.42 Å². The van der Waals surface area contributed by atoms with Crippen molar-refractivity contribution in [3.05, 3.63) is 59.7 Å². The summed E-state index contributed by atoms with van der Waals surface area (Å²) in [6, 6.07) is 14.6. The highest BCUT2D eigenvalue weighted by Crippen LogP contribution is 2.31. The highest BCUT2D eigenvalue weighted by Gasteiger charge is 2.27. The predicted octanol–water partition coefficient (Wildman–Crippen LogP) is 2.29. The standard InChI is InChI=1S/C17H18N2O3S/c1-18(15-6-4-3-5-7-15)17(20)14-9-8-13-10-11-19(16(13)12-14)23(2,21)22/h3-9,12H,10-11H2,1-2H3. The Hall–Kier alpha value is -2.34. The van der Waals surface area contributed by atoms with Crippen LogP contribution in [0.2, 0.25) is 0 Å². The summed E-state index contributed by atoms with van der Waals surface area (Å²) in [5.74, 6) is -0.167. The maximum Gasteiger partial charge on any atom is 0.258 e. The molecule has 23 heavy (non-hydrogen) atoms. The first kappa shape index (κ1) is 15.6. The maximum absolute atomic E-state index is 12.7. The predicted molar refractivity (Wildman–Crippen MR) is 91.5 cm³/mol. The van der Waals surface area contributed by atoms with Crippen LogP contribution in [0.25, 0.3) is 0 Å². The van der Waals surface area contributed by atoms with Gasteiger partial charge in [-0.2, -0.15) is 0 Å². The smallest absolute Gasteiger partial charge is 0.258 e. The number of anilines is 2. The molecule has 0 aliphatic carbocycles. The van der Waals surface area contributed by atoms with E-state index in [1.807, 2.05) is 36.4 Å². The fourth-order valence-electron chi connectivity index (χ4n) is 2.79. The SMILES string of the molecule is CN(C(=O)c1ccc2c(c1)N(S(C)(=O)=O)CC2)c1ccccc1. The van der Waals surface area contributed by atoms with Gasteiger partial charge in [-0.15, -0.1) is 0 Å². The summed E-state index contributed by atoms with van der Waals surface area (Å²) in [5, 5.41) is 0. The second-order valence-corrected chi connectivity index (χ2v) is 7.54. The van der Waals surface area contributed by atoms with Gasteiger partial charge in [-0.3, -0.25) is 9.10 Å². The fourth-order valence-corrected chi connectivity index (χ4v) is 3.74. The number of carbonyl (C=O) groups excluding carboxylic acids is 1. The summed E-state index contributed by atoms with van der Waals surface area (Å²) in [7, 11) is -1.61. The van der Waals surface area contributed by atoms with Crippen LogP contribution in [0.1, 0.15) is 15.9 Å². The highest BCUT2D eigenvalue weighted by atomic mass is 32.2. The molecule has 1 amide bonds. The van der Waals surface area contributed by atoms with E-state index in [1.165, 1.54) is 10.6 Å². The van der Waals surface area contributed by atoms with E-state index < -0.39 is 10.0 Å². The van der Waals surface area contributed by atoms with Gasteiger partial charge >= 0.3 is 0 Å². The maximum atomic E-state index is 12.7. The second-order valence-electron chi connectivity index (χ2n) is 5.63. The molecular weight excluding hydrogens is 312 g/mol. The molecule has 0 unspecified atom stereocenters. The Morgan fingerprint density at radius 2 is 1.83 bits per heavy atom. The van der Waals surface area contributed by atoms with Crippen LogP contribution in [0.5, 0.6) is 0 Å². The first-order chi connectivity index (χ1) is 10.9. The molecule has 3 rings (SSSR count). The normalized spacial score (nSPS) is 13.7. The van der Waals surface area contributed by atoms with E-state index in [1.54, 1.807) is 24.1 Å². The molecule has 2 aromatic carbocycles. The average Bonchev–Trinajstić information content (AvgIpc) is 2.97. The van der Waals surface area contributed by atoms with Crippen LogP contribution >= 0.6 is 0 Å². The lowest BCUT2D eigenvalue weighted by atomic mass is 10.1. The summed E-state index contributed by atoms with van der Waals surface area (Å²) in [4.78, 5) is 14.2. The molecular formula is C17H18N2O3S. The first-order valence-corrected chi connectivity index (χ1v) is 9.16. The number of amides is 1. The monoisotopic (exact) mass is 330 g/mol. The van der Waals surface area contributed by atoms with E-state index >= 15 is 0 Å². The van der Waals surface area contributed by atoms with Crippen molar-refractivity contribution in [2.45, 2.75) is 6.42 Å². The lowest BCUT2D eigenvalue weighted by molar-refractivity contribution is 0.0993. The summed E-state index contributed by atoms with van der Waals surface area (Å²) >= 11 is 0. The van der Waals surface area contributed by atoms with Crippen molar-refractivity contribution in [2.24, 2.45) is 0 Å². The van der Waals surface area contributed by atoms with Gasteiger partial charge < -0.3 is 4.90 Å². The van der Waals surface area contributed by atoms with Crippen LogP contribution in [0.4, 0.5) is 11.4 Å². The molecule has 0 spiro atoms. The number of carbonyl (C=O) groups is 1. The zero-order valence-electron chi connectivity index (χ0n) is 13.1.